The minimum atomic E-state index is -0.433. The highest BCUT2D eigenvalue weighted by Gasteiger charge is 2.21. The van der Waals surface area contributed by atoms with E-state index in [9.17, 15) is 0 Å². The van der Waals surface area contributed by atoms with Gasteiger partial charge in [0.2, 0.25) is 0 Å². The van der Waals surface area contributed by atoms with Crippen LogP contribution in [-0.4, -0.2) is 9.94 Å². The quantitative estimate of drug-likeness (QED) is 0.526. The van der Waals surface area contributed by atoms with Crippen LogP contribution in [0.15, 0.2) is 54.6 Å². The Balaban J connectivity index is 2.22. The summed E-state index contributed by atoms with van der Waals surface area (Å²) < 4.78 is 2.37. The maximum absolute atomic E-state index is 6.43. The summed E-state index contributed by atoms with van der Waals surface area (Å²) in [7, 11) is 0. The zero-order chi connectivity index (χ0) is 14.9. The Kier molecular flexibility index (Phi) is 2.07. The fraction of sp³-hybridized carbons (Fsp3) is 0.100. The molecule has 0 aliphatic heterocycles. The van der Waals surface area contributed by atoms with Crippen molar-refractivity contribution in [1.82, 2.24) is 4.40 Å². The van der Waals surface area contributed by atoms with Crippen molar-refractivity contribution < 1.29 is 0 Å². The lowest BCUT2D eigenvalue weighted by Gasteiger charge is -2.13. The highest BCUT2D eigenvalue weighted by molar-refractivity contribution is 6.06. The van der Waals surface area contributed by atoms with Crippen LogP contribution in [0, 0.1) is 0 Å². The maximum atomic E-state index is 6.43. The van der Waals surface area contributed by atoms with E-state index in [2.05, 4.69) is 78.1 Å². The molecule has 4 aromatic rings. The molecule has 5 rings (SSSR count). The number of nitrogens with two attached hydrogens (primary N) is 1. The molecule has 0 amide bonds. The molecular formula is C20H16N2. The number of nitrogens with zero attached hydrogens (tertiary/aromatic N) is 1. The van der Waals surface area contributed by atoms with Gasteiger partial charge in [-0.2, -0.15) is 0 Å². The highest BCUT2D eigenvalue weighted by atomic mass is 14.9. The first kappa shape index (κ1) is 12.0. The van der Waals surface area contributed by atoms with E-state index in [-0.39, 0.29) is 0 Å². The molecule has 1 aliphatic carbocycles. The zero-order valence-corrected chi connectivity index (χ0v) is 12.4. The Bertz CT molecular complexity index is 1140. The Labute approximate surface area is 128 Å². The summed E-state index contributed by atoms with van der Waals surface area (Å²) >= 11 is 0. The van der Waals surface area contributed by atoms with Gasteiger partial charge in [0.05, 0.1) is 22.1 Å². The van der Waals surface area contributed by atoms with Gasteiger partial charge in [-0.1, -0.05) is 54.6 Å². The van der Waals surface area contributed by atoms with Gasteiger partial charge in [0, 0.05) is 21.6 Å². The molecule has 0 bridgehead atoms. The highest BCUT2D eigenvalue weighted by Crippen LogP contribution is 2.32. The molecule has 2 heterocycles. The second kappa shape index (κ2) is 3.79. The van der Waals surface area contributed by atoms with Crippen molar-refractivity contribution in [2.45, 2.75) is 12.5 Å². The van der Waals surface area contributed by atoms with Crippen LogP contribution in [0.2, 0.25) is 0 Å². The number of para-hydroxylation sites is 2. The molecule has 0 fully saturated rings. The van der Waals surface area contributed by atoms with E-state index in [4.69, 9.17) is 5.73 Å². The number of fused-ring (bicyclic) bond motifs is 6. The van der Waals surface area contributed by atoms with Gasteiger partial charge >= 0.3 is 0 Å². The summed E-state index contributed by atoms with van der Waals surface area (Å²) in [6.07, 6.45) is 6.48. The molecule has 22 heavy (non-hydrogen) atoms. The molecule has 2 nitrogen and oxygen atoms in total. The predicted molar refractivity (Wildman–Crippen MR) is 93.7 cm³/mol. The fourth-order valence-electron chi connectivity index (χ4n) is 3.74. The molecule has 2 aromatic carbocycles. The summed E-state index contributed by atoms with van der Waals surface area (Å²) in [4.78, 5) is 0. The topological polar surface area (TPSA) is 30.4 Å². The van der Waals surface area contributed by atoms with Gasteiger partial charge in [-0.25, -0.2) is 0 Å². The largest absolute Gasteiger partial charge is 0.319 e. The molecule has 0 saturated carbocycles. The van der Waals surface area contributed by atoms with Gasteiger partial charge in [0.25, 0.3) is 0 Å². The Morgan fingerprint density at radius 3 is 2.32 bits per heavy atom. The van der Waals surface area contributed by atoms with Gasteiger partial charge in [-0.15, -0.1) is 0 Å². The molecule has 1 aliphatic rings. The van der Waals surface area contributed by atoms with Crippen LogP contribution >= 0.6 is 0 Å². The van der Waals surface area contributed by atoms with Gasteiger partial charge in [0.15, 0.2) is 0 Å². The second-order valence-electron chi connectivity index (χ2n) is 6.39. The molecule has 0 radical (unpaired) electrons. The van der Waals surface area contributed by atoms with Crippen molar-refractivity contribution in [3.63, 3.8) is 0 Å². The van der Waals surface area contributed by atoms with Crippen LogP contribution in [0.1, 0.15) is 12.5 Å². The van der Waals surface area contributed by atoms with E-state index in [1.807, 2.05) is 0 Å². The average Bonchev–Trinajstić information content (AvgIpc) is 2.95. The summed E-state index contributed by atoms with van der Waals surface area (Å²) in [5.41, 5.74) is 11.0. The SMILES string of the molecule is CC1(N)C=Cc2c3ccccc3n3c2c(c2ccccc23)=C1. The van der Waals surface area contributed by atoms with Crippen molar-refractivity contribution in [3.05, 3.63) is 65.4 Å². The van der Waals surface area contributed by atoms with Gasteiger partial charge in [-0.3, -0.25) is 0 Å². The zero-order valence-electron chi connectivity index (χ0n) is 12.4. The van der Waals surface area contributed by atoms with Gasteiger partial charge in [0.1, 0.15) is 0 Å². The number of aromatic nitrogens is 1. The minimum Gasteiger partial charge on any atom is -0.319 e. The standard InChI is InChI=1S/C20H16N2/c1-20(21)11-10-15-13-6-2-4-8-17(13)22-18-9-5-3-7-14(18)16(12-20)19(15)22/h2-12H,21H2,1H3. The van der Waals surface area contributed by atoms with Crippen molar-refractivity contribution >= 4 is 39.5 Å². The Morgan fingerprint density at radius 1 is 0.909 bits per heavy atom. The van der Waals surface area contributed by atoms with Crippen LogP contribution in [0.3, 0.4) is 0 Å². The average molecular weight is 284 g/mol. The summed E-state index contributed by atoms with van der Waals surface area (Å²) in [5, 5.41) is 3.80. The lowest BCUT2D eigenvalue weighted by Crippen LogP contribution is -2.32. The lowest BCUT2D eigenvalue weighted by atomic mass is 10.0. The van der Waals surface area contributed by atoms with Gasteiger partial charge in [-0.05, 0) is 19.1 Å². The van der Waals surface area contributed by atoms with Crippen molar-refractivity contribution in [1.29, 1.82) is 0 Å². The van der Waals surface area contributed by atoms with E-state index in [1.54, 1.807) is 0 Å². The first-order valence-corrected chi connectivity index (χ1v) is 7.60. The van der Waals surface area contributed by atoms with Crippen LogP contribution in [0.25, 0.3) is 39.5 Å². The molecule has 2 N–H and O–H groups in total. The molecule has 2 heteroatoms. The number of hydrogen-bond donors (Lipinski definition) is 1. The first-order chi connectivity index (χ1) is 10.7. The number of rotatable bonds is 0. The molecule has 1 atom stereocenters. The van der Waals surface area contributed by atoms with E-state index < -0.39 is 5.54 Å². The minimum absolute atomic E-state index is 0.433. The van der Waals surface area contributed by atoms with E-state index in [0.29, 0.717) is 0 Å². The summed E-state index contributed by atoms with van der Waals surface area (Å²) in [6, 6.07) is 17.2. The fourth-order valence-corrected chi connectivity index (χ4v) is 3.74. The lowest BCUT2D eigenvalue weighted by molar-refractivity contribution is 0.782. The molecule has 0 saturated heterocycles. The van der Waals surface area contributed by atoms with E-state index >= 15 is 0 Å². The van der Waals surface area contributed by atoms with E-state index in [0.717, 1.165) is 0 Å². The number of benzene rings is 2. The normalized spacial score (nSPS) is 20.6. The third-order valence-electron chi connectivity index (χ3n) is 4.67. The monoisotopic (exact) mass is 284 g/mol. The predicted octanol–water partition coefficient (Wildman–Crippen LogP) is 3.49. The maximum Gasteiger partial charge on any atom is 0.0617 e. The molecule has 106 valence electrons. The van der Waals surface area contributed by atoms with Crippen LogP contribution in [0.4, 0.5) is 0 Å². The molecular weight excluding hydrogens is 268 g/mol. The summed E-state index contributed by atoms with van der Waals surface area (Å²) in [5.74, 6) is 0. The van der Waals surface area contributed by atoms with Crippen LogP contribution in [-0.2, 0) is 0 Å². The third-order valence-corrected chi connectivity index (χ3v) is 4.67. The molecule has 0 spiro atoms. The smallest absolute Gasteiger partial charge is 0.0617 e. The molecule has 2 aromatic heterocycles. The molecule has 1 unspecified atom stereocenters. The first-order valence-electron chi connectivity index (χ1n) is 7.60. The van der Waals surface area contributed by atoms with Crippen molar-refractivity contribution in [3.8, 4) is 0 Å². The van der Waals surface area contributed by atoms with Crippen molar-refractivity contribution in [2.75, 3.05) is 0 Å². The van der Waals surface area contributed by atoms with E-state index in [1.165, 1.54) is 38.1 Å². The van der Waals surface area contributed by atoms with Gasteiger partial charge < -0.3 is 10.1 Å². The van der Waals surface area contributed by atoms with Crippen LogP contribution < -0.4 is 11.0 Å². The summed E-state index contributed by atoms with van der Waals surface area (Å²) in [6.45, 7) is 2.05. The Hall–Kier alpha value is -2.58. The van der Waals surface area contributed by atoms with Crippen molar-refractivity contribution in [2.24, 2.45) is 5.73 Å². The third kappa shape index (κ3) is 1.38. The number of hydrogen-bond acceptors (Lipinski definition) is 1. The second-order valence-corrected chi connectivity index (χ2v) is 6.39. The van der Waals surface area contributed by atoms with Crippen LogP contribution in [0.5, 0.6) is 0 Å². The Morgan fingerprint density at radius 2 is 1.55 bits per heavy atom.